The van der Waals surface area contributed by atoms with Crippen LogP contribution in [0.4, 0.5) is 0 Å². The minimum absolute atomic E-state index is 0.207. The van der Waals surface area contributed by atoms with E-state index in [1.807, 2.05) is 84.9 Å². The van der Waals surface area contributed by atoms with E-state index in [1.165, 1.54) is 11.3 Å². The molecule has 0 spiro atoms. The zero-order valence-electron chi connectivity index (χ0n) is 21.9. The lowest BCUT2D eigenvalue weighted by atomic mass is 9.95. The fourth-order valence-electron chi connectivity index (χ4n) is 4.59. The van der Waals surface area contributed by atoms with Crippen molar-refractivity contribution in [3.05, 3.63) is 127 Å². The molecule has 5 rings (SSSR count). The summed E-state index contributed by atoms with van der Waals surface area (Å²) < 4.78 is 19.1. The maximum absolute atomic E-state index is 14.0. The van der Waals surface area contributed by atoms with Gasteiger partial charge in [0.15, 0.2) is 4.80 Å². The van der Waals surface area contributed by atoms with Gasteiger partial charge in [0.25, 0.3) is 5.56 Å². The molecule has 8 heteroatoms. The Morgan fingerprint density at radius 3 is 2.44 bits per heavy atom. The van der Waals surface area contributed by atoms with Crippen LogP contribution in [0.25, 0.3) is 6.08 Å². The summed E-state index contributed by atoms with van der Waals surface area (Å²) >= 11 is 1.27. The number of allylic oxidation sites excluding steroid dienone is 1. The number of nitrogens with zero attached hydrogens (tertiary/aromatic N) is 2. The second-order valence-electron chi connectivity index (χ2n) is 8.86. The number of rotatable bonds is 8. The summed E-state index contributed by atoms with van der Waals surface area (Å²) in [6.07, 6.45) is 1.81. The van der Waals surface area contributed by atoms with E-state index in [0.29, 0.717) is 44.3 Å². The molecule has 0 N–H and O–H groups in total. The van der Waals surface area contributed by atoms with E-state index in [0.717, 1.165) is 11.1 Å². The molecule has 1 atom stereocenters. The van der Waals surface area contributed by atoms with Crippen LogP contribution in [0.5, 0.6) is 11.5 Å². The molecule has 0 fully saturated rings. The number of hydrogen-bond acceptors (Lipinski definition) is 7. The van der Waals surface area contributed by atoms with Gasteiger partial charge < -0.3 is 14.2 Å². The summed E-state index contributed by atoms with van der Waals surface area (Å²) in [5, 5.41) is 0. The largest absolute Gasteiger partial charge is 0.496 e. The molecule has 198 valence electrons. The Bertz CT molecular complexity index is 1720. The average molecular weight is 541 g/mol. The average Bonchev–Trinajstić information content (AvgIpc) is 3.26. The summed E-state index contributed by atoms with van der Waals surface area (Å²) in [6.45, 7) is 4.12. The van der Waals surface area contributed by atoms with Crippen molar-refractivity contribution < 1.29 is 19.0 Å². The summed E-state index contributed by atoms with van der Waals surface area (Å²) in [5.41, 5.74) is 3.05. The third-order valence-electron chi connectivity index (χ3n) is 6.39. The summed E-state index contributed by atoms with van der Waals surface area (Å²) in [6, 6.07) is 24.1. The first-order valence-corrected chi connectivity index (χ1v) is 13.4. The van der Waals surface area contributed by atoms with E-state index < -0.39 is 12.0 Å². The standard InChI is InChI=1S/C31H28N2O5S/c1-4-37-30(35)27-20(2)32-31-33(28(27)23-15-9-11-17-25(23)36-3)29(34)26(39-31)18-22-14-8-10-16-24(22)38-19-21-12-6-5-7-13-21/h5-18,28H,4,19H2,1-3H3. The van der Waals surface area contributed by atoms with Crippen molar-refractivity contribution >= 4 is 23.4 Å². The third kappa shape index (κ3) is 5.28. The lowest BCUT2D eigenvalue weighted by molar-refractivity contribution is -0.139. The lowest BCUT2D eigenvalue weighted by Crippen LogP contribution is -2.40. The molecule has 0 aliphatic carbocycles. The van der Waals surface area contributed by atoms with Crippen LogP contribution in [0.15, 0.2) is 99.9 Å². The topological polar surface area (TPSA) is 79.1 Å². The van der Waals surface area contributed by atoms with E-state index in [2.05, 4.69) is 4.99 Å². The van der Waals surface area contributed by atoms with Gasteiger partial charge >= 0.3 is 5.97 Å². The van der Waals surface area contributed by atoms with E-state index in [1.54, 1.807) is 25.5 Å². The van der Waals surface area contributed by atoms with Gasteiger partial charge in [-0.1, -0.05) is 78.1 Å². The minimum Gasteiger partial charge on any atom is -0.496 e. The number of fused-ring (bicyclic) bond motifs is 1. The van der Waals surface area contributed by atoms with Crippen LogP contribution in [0.1, 0.15) is 36.6 Å². The molecule has 3 aromatic carbocycles. The quantitative estimate of drug-likeness (QED) is 0.310. The summed E-state index contributed by atoms with van der Waals surface area (Å²) in [4.78, 5) is 32.2. The number of para-hydroxylation sites is 2. The number of ether oxygens (including phenoxy) is 3. The number of carbonyl (C=O) groups is 1. The second-order valence-corrected chi connectivity index (χ2v) is 9.87. The Hall–Kier alpha value is -4.43. The van der Waals surface area contributed by atoms with Crippen LogP contribution in [0.3, 0.4) is 0 Å². The predicted octanol–water partition coefficient (Wildman–Crippen LogP) is 4.39. The summed E-state index contributed by atoms with van der Waals surface area (Å²) in [5.74, 6) is 0.716. The highest BCUT2D eigenvalue weighted by atomic mass is 32.1. The molecule has 4 aromatic rings. The highest BCUT2D eigenvalue weighted by Crippen LogP contribution is 2.35. The zero-order valence-corrected chi connectivity index (χ0v) is 22.7. The molecular weight excluding hydrogens is 512 g/mol. The molecule has 1 aliphatic rings. The van der Waals surface area contributed by atoms with Crippen LogP contribution >= 0.6 is 11.3 Å². The van der Waals surface area contributed by atoms with Crippen LogP contribution in [0.2, 0.25) is 0 Å². The van der Waals surface area contributed by atoms with Gasteiger partial charge in [0.2, 0.25) is 0 Å². The van der Waals surface area contributed by atoms with Crippen molar-refractivity contribution in [2.45, 2.75) is 26.5 Å². The van der Waals surface area contributed by atoms with Gasteiger partial charge in [0, 0.05) is 11.1 Å². The molecule has 0 bridgehead atoms. The van der Waals surface area contributed by atoms with Gasteiger partial charge in [-0.05, 0) is 37.6 Å². The predicted molar refractivity (Wildman–Crippen MR) is 151 cm³/mol. The van der Waals surface area contributed by atoms with Crippen LogP contribution in [-0.4, -0.2) is 24.3 Å². The fourth-order valence-corrected chi connectivity index (χ4v) is 5.62. The van der Waals surface area contributed by atoms with E-state index in [9.17, 15) is 9.59 Å². The highest BCUT2D eigenvalue weighted by molar-refractivity contribution is 7.07. The summed E-state index contributed by atoms with van der Waals surface area (Å²) in [7, 11) is 1.57. The molecule has 2 heterocycles. The van der Waals surface area contributed by atoms with Crippen molar-refractivity contribution in [2.24, 2.45) is 4.99 Å². The molecule has 39 heavy (non-hydrogen) atoms. The molecule has 7 nitrogen and oxygen atoms in total. The Labute approximate surface area is 229 Å². The van der Waals surface area contributed by atoms with Crippen molar-refractivity contribution in [1.29, 1.82) is 0 Å². The minimum atomic E-state index is -0.747. The van der Waals surface area contributed by atoms with Gasteiger partial charge in [-0.2, -0.15) is 0 Å². The monoisotopic (exact) mass is 540 g/mol. The van der Waals surface area contributed by atoms with Crippen molar-refractivity contribution in [3.8, 4) is 11.5 Å². The molecule has 1 aromatic heterocycles. The Kier molecular flexibility index (Phi) is 7.74. The van der Waals surface area contributed by atoms with Crippen molar-refractivity contribution in [1.82, 2.24) is 4.57 Å². The van der Waals surface area contributed by atoms with Gasteiger partial charge in [0.1, 0.15) is 24.1 Å². The van der Waals surface area contributed by atoms with Gasteiger partial charge in [0.05, 0.1) is 29.5 Å². The number of esters is 1. The Balaban J connectivity index is 1.63. The fraction of sp³-hybridized carbons (Fsp3) is 0.194. The molecule has 0 saturated heterocycles. The number of aromatic nitrogens is 1. The van der Waals surface area contributed by atoms with Crippen LogP contribution in [-0.2, 0) is 16.1 Å². The normalized spacial score (nSPS) is 14.9. The molecule has 1 aliphatic heterocycles. The van der Waals surface area contributed by atoms with Crippen LogP contribution in [0, 0.1) is 0 Å². The van der Waals surface area contributed by atoms with Crippen molar-refractivity contribution in [3.63, 3.8) is 0 Å². The highest BCUT2D eigenvalue weighted by Gasteiger charge is 2.34. The molecule has 0 amide bonds. The number of carbonyl (C=O) groups excluding carboxylic acids is 1. The number of hydrogen-bond donors (Lipinski definition) is 0. The van der Waals surface area contributed by atoms with E-state index in [-0.39, 0.29) is 12.2 Å². The van der Waals surface area contributed by atoms with Gasteiger partial charge in [-0.15, -0.1) is 0 Å². The van der Waals surface area contributed by atoms with E-state index in [4.69, 9.17) is 14.2 Å². The number of thiazole rings is 1. The number of benzene rings is 3. The molecule has 1 unspecified atom stereocenters. The third-order valence-corrected chi connectivity index (χ3v) is 7.38. The van der Waals surface area contributed by atoms with Gasteiger partial charge in [-0.25, -0.2) is 9.79 Å². The van der Waals surface area contributed by atoms with Crippen molar-refractivity contribution in [2.75, 3.05) is 13.7 Å². The van der Waals surface area contributed by atoms with Crippen LogP contribution < -0.4 is 24.4 Å². The first-order chi connectivity index (χ1) is 19.0. The second kappa shape index (κ2) is 11.5. The zero-order chi connectivity index (χ0) is 27.4. The first kappa shape index (κ1) is 26.2. The molecular formula is C31H28N2O5S. The Morgan fingerprint density at radius 1 is 1.00 bits per heavy atom. The molecule has 0 radical (unpaired) electrons. The van der Waals surface area contributed by atoms with Gasteiger partial charge in [-0.3, -0.25) is 9.36 Å². The maximum Gasteiger partial charge on any atom is 0.338 e. The molecule has 0 saturated carbocycles. The first-order valence-electron chi connectivity index (χ1n) is 12.6. The SMILES string of the molecule is CCOC(=O)C1=C(C)N=c2sc(=Cc3ccccc3OCc3ccccc3)c(=O)n2C1c1ccccc1OC. The van der Waals surface area contributed by atoms with E-state index >= 15 is 0 Å². The maximum atomic E-state index is 14.0. The lowest BCUT2D eigenvalue weighted by Gasteiger charge is -2.25. The number of methoxy groups -OCH3 is 1. The smallest absolute Gasteiger partial charge is 0.338 e. The Morgan fingerprint density at radius 2 is 1.69 bits per heavy atom.